The molecule has 2 aliphatic heterocycles. The van der Waals surface area contributed by atoms with E-state index in [9.17, 15) is 0 Å². The fourth-order valence-corrected chi connectivity index (χ4v) is 4.63. The summed E-state index contributed by atoms with van der Waals surface area (Å²) >= 11 is 0. The Kier molecular flexibility index (Phi) is 2.29. The van der Waals surface area contributed by atoms with Gasteiger partial charge < -0.3 is 0 Å². The first-order chi connectivity index (χ1) is 8.43. The average Bonchev–Trinajstić information content (AvgIpc) is 2.39. The molecule has 3 atom stereocenters. The third-order valence-electron chi connectivity index (χ3n) is 5.23. The molecular weight excluding hydrogens is 206 g/mol. The maximum Gasteiger partial charge on any atom is 0.0195 e. The van der Waals surface area contributed by atoms with E-state index in [-0.39, 0.29) is 0 Å². The van der Waals surface area contributed by atoms with Crippen LogP contribution in [0.4, 0.5) is 0 Å². The first kappa shape index (κ1) is 10.1. The highest BCUT2D eigenvalue weighted by atomic mass is 15.2. The van der Waals surface area contributed by atoms with Crippen molar-refractivity contribution >= 4 is 0 Å². The van der Waals surface area contributed by atoms with Crippen molar-refractivity contribution in [1.82, 2.24) is 4.90 Å². The summed E-state index contributed by atoms with van der Waals surface area (Å²) in [6, 6.07) is 10.1. The molecule has 2 fully saturated rings. The summed E-state index contributed by atoms with van der Waals surface area (Å²) in [5.41, 5.74) is 3.34. The van der Waals surface area contributed by atoms with Crippen LogP contribution in [0.3, 0.4) is 0 Å². The maximum atomic E-state index is 2.80. The van der Waals surface area contributed by atoms with Crippen LogP contribution in [0, 0.1) is 5.92 Å². The quantitative estimate of drug-likeness (QED) is 0.658. The van der Waals surface area contributed by atoms with E-state index in [1.165, 1.54) is 45.2 Å². The number of piperidine rings is 2. The average molecular weight is 227 g/mol. The third-order valence-corrected chi connectivity index (χ3v) is 5.23. The molecule has 0 bridgehead atoms. The Morgan fingerprint density at radius 3 is 2.76 bits per heavy atom. The Balaban J connectivity index is 1.79. The lowest BCUT2D eigenvalue weighted by atomic mass is 9.66. The summed E-state index contributed by atoms with van der Waals surface area (Å²) in [6.45, 7) is 2.72. The van der Waals surface area contributed by atoms with Crippen molar-refractivity contribution in [1.29, 1.82) is 0 Å². The Bertz CT molecular complexity index is 423. The van der Waals surface area contributed by atoms with Crippen molar-refractivity contribution < 1.29 is 0 Å². The zero-order chi connectivity index (χ0) is 11.2. The number of hydrogen-bond donors (Lipinski definition) is 0. The van der Waals surface area contributed by atoms with Crippen LogP contribution >= 0.6 is 0 Å². The van der Waals surface area contributed by atoms with Crippen molar-refractivity contribution in [2.75, 3.05) is 13.1 Å². The van der Waals surface area contributed by atoms with Crippen molar-refractivity contribution in [3.63, 3.8) is 0 Å². The van der Waals surface area contributed by atoms with Gasteiger partial charge in [-0.25, -0.2) is 0 Å². The fraction of sp³-hybridized carbons (Fsp3) is 0.625. The highest BCUT2D eigenvalue weighted by Gasteiger charge is 2.43. The lowest BCUT2D eigenvalue weighted by Gasteiger charge is -2.52. The van der Waals surface area contributed by atoms with Gasteiger partial charge in [0.25, 0.3) is 0 Å². The molecule has 2 heterocycles. The summed E-state index contributed by atoms with van der Waals surface area (Å²) in [5, 5.41) is 0. The van der Waals surface area contributed by atoms with Crippen molar-refractivity contribution in [3.8, 4) is 0 Å². The Hall–Kier alpha value is -0.820. The molecular formula is C16H21N. The van der Waals surface area contributed by atoms with Crippen LogP contribution in [0.5, 0.6) is 0 Å². The molecule has 0 radical (unpaired) electrons. The Labute approximate surface area is 104 Å². The van der Waals surface area contributed by atoms with Crippen LogP contribution in [-0.2, 0) is 6.42 Å². The van der Waals surface area contributed by atoms with Gasteiger partial charge in [-0.1, -0.05) is 24.3 Å². The van der Waals surface area contributed by atoms with Crippen LogP contribution in [0.2, 0.25) is 0 Å². The predicted octanol–water partition coefficient (Wildman–Crippen LogP) is 3.20. The van der Waals surface area contributed by atoms with Gasteiger partial charge in [0.15, 0.2) is 0 Å². The van der Waals surface area contributed by atoms with Crippen LogP contribution in [0.1, 0.15) is 42.7 Å². The third kappa shape index (κ3) is 1.48. The number of hydrogen-bond acceptors (Lipinski definition) is 1. The minimum atomic E-state index is 0.846. The van der Waals surface area contributed by atoms with Gasteiger partial charge in [-0.2, -0.15) is 0 Å². The van der Waals surface area contributed by atoms with E-state index < -0.39 is 0 Å². The summed E-state index contributed by atoms with van der Waals surface area (Å²) in [7, 11) is 0. The molecule has 1 aromatic rings. The van der Waals surface area contributed by atoms with Gasteiger partial charge in [0.05, 0.1) is 0 Å². The van der Waals surface area contributed by atoms with E-state index in [2.05, 4.69) is 29.2 Å². The normalized spacial score (nSPS) is 36.1. The number of fused-ring (bicyclic) bond motifs is 2. The molecule has 0 unspecified atom stereocenters. The molecule has 3 aliphatic rings. The SMILES string of the molecule is c1ccc2c(c1)C[C@@H]1CCCN3CCC[C@H]2[C@H]13. The van der Waals surface area contributed by atoms with Crippen molar-refractivity contribution in [2.45, 2.75) is 44.1 Å². The summed E-state index contributed by atoms with van der Waals surface area (Å²) < 4.78 is 0. The molecule has 2 saturated heterocycles. The number of nitrogens with zero attached hydrogens (tertiary/aromatic N) is 1. The monoisotopic (exact) mass is 227 g/mol. The molecule has 0 spiro atoms. The number of benzene rings is 1. The van der Waals surface area contributed by atoms with E-state index in [4.69, 9.17) is 0 Å². The second-order valence-electron chi connectivity index (χ2n) is 6.08. The summed E-state index contributed by atoms with van der Waals surface area (Å²) in [6.07, 6.45) is 7.06. The second-order valence-corrected chi connectivity index (χ2v) is 6.08. The Morgan fingerprint density at radius 1 is 1.00 bits per heavy atom. The summed E-state index contributed by atoms with van der Waals surface area (Å²) in [4.78, 5) is 2.80. The molecule has 90 valence electrons. The van der Waals surface area contributed by atoms with Crippen LogP contribution in [0.25, 0.3) is 0 Å². The molecule has 0 N–H and O–H groups in total. The largest absolute Gasteiger partial charge is 0.299 e. The number of rotatable bonds is 0. The Morgan fingerprint density at radius 2 is 1.82 bits per heavy atom. The van der Waals surface area contributed by atoms with Gasteiger partial charge in [-0.3, -0.25) is 4.90 Å². The first-order valence-corrected chi connectivity index (χ1v) is 7.25. The lowest BCUT2D eigenvalue weighted by Crippen LogP contribution is -2.54. The molecule has 1 heteroatoms. The highest BCUT2D eigenvalue weighted by Crippen LogP contribution is 2.46. The van der Waals surface area contributed by atoms with Crippen LogP contribution in [-0.4, -0.2) is 24.0 Å². The minimum Gasteiger partial charge on any atom is -0.299 e. The van der Waals surface area contributed by atoms with E-state index in [0.29, 0.717) is 0 Å². The van der Waals surface area contributed by atoms with Gasteiger partial charge in [-0.15, -0.1) is 0 Å². The van der Waals surface area contributed by atoms with E-state index in [1.54, 1.807) is 11.1 Å². The van der Waals surface area contributed by atoms with Crippen LogP contribution < -0.4 is 0 Å². The van der Waals surface area contributed by atoms with Gasteiger partial charge in [0.2, 0.25) is 0 Å². The zero-order valence-corrected chi connectivity index (χ0v) is 10.4. The smallest absolute Gasteiger partial charge is 0.0195 e. The molecule has 1 aromatic carbocycles. The lowest BCUT2D eigenvalue weighted by molar-refractivity contribution is 0.0350. The molecule has 0 aromatic heterocycles. The zero-order valence-electron chi connectivity index (χ0n) is 10.4. The minimum absolute atomic E-state index is 0.846. The molecule has 17 heavy (non-hydrogen) atoms. The van der Waals surface area contributed by atoms with Gasteiger partial charge in [-0.05, 0) is 62.2 Å². The molecule has 1 nitrogen and oxygen atoms in total. The molecule has 1 aliphatic carbocycles. The van der Waals surface area contributed by atoms with Crippen molar-refractivity contribution in [3.05, 3.63) is 35.4 Å². The fourth-order valence-electron chi connectivity index (χ4n) is 4.63. The summed E-state index contributed by atoms with van der Waals surface area (Å²) in [5.74, 6) is 1.79. The standard InChI is InChI=1S/C16H21N/c1-2-7-14-12(5-1)11-13-6-3-9-17-10-4-8-15(14)16(13)17/h1-2,5,7,13,15-16H,3-4,6,8-11H2/t13-,15+,16-/m0/s1. The van der Waals surface area contributed by atoms with E-state index in [0.717, 1.165) is 17.9 Å². The molecule has 0 amide bonds. The van der Waals surface area contributed by atoms with Gasteiger partial charge in [0, 0.05) is 12.0 Å². The van der Waals surface area contributed by atoms with Gasteiger partial charge >= 0.3 is 0 Å². The van der Waals surface area contributed by atoms with E-state index in [1.807, 2.05) is 0 Å². The molecule has 4 rings (SSSR count). The highest BCUT2D eigenvalue weighted by molar-refractivity contribution is 5.36. The molecule has 0 saturated carbocycles. The topological polar surface area (TPSA) is 3.24 Å². The predicted molar refractivity (Wildman–Crippen MR) is 70.2 cm³/mol. The first-order valence-electron chi connectivity index (χ1n) is 7.25. The maximum absolute atomic E-state index is 2.80. The van der Waals surface area contributed by atoms with Crippen molar-refractivity contribution in [2.24, 2.45) is 5.92 Å². The van der Waals surface area contributed by atoms with E-state index >= 15 is 0 Å². The van der Waals surface area contributed by atoms with Crippen LogP contribution in [0.15, 0.2) is 24.3 Å². The second kappa shape index (κ2) is 3.84. The van der Waals surface area contributed by atoms with Gasteiger partial charge in [0.1, 0.15) is 0 Å².